The SMILES string of the molecule is CCc1ccccc1N1C[C@@H](c2nc3ccccc3n2CCN2CCOCC2)CC1=O. The van der Waals surface area contributed by atoms with Gasteiger partial charge in [-0.05, 0) is 30.2 Å². The van der Waals surface area contributed by atoms with Gasteiger partial charge in [-0.1, -0.05) is 37.3 Å². The van der Waals surface area contributed by atoms with E-state index in [2.05, 4.69) is 46.7 Å². The molecule has 0 spiro atoms. The van der Waals surface area contributed by atoms with Crippen LogP contribution in [0.25, 0.3) is 11.0 Å². The zero-order valence-electron chi connectivity index (χ0n) is 18.2. The second kappa shape index (κ2) is 8.81. The predicted molar refractivity (Wildman–Crippen MR) is 123 cm³/mol. The van der Waals surface area contributed by atoms with E-state index in [1.54, 1.807) is 0 Å². The molecule has 0 radical (unpaired) electrons. The number of hydrogen-bond acceptors (Lipinski definition) is 4. The Labute approximate surface area is 183 Å². The first-order valence-corrected chi connectivity index (χ1v) is 11.4. The van der Waals surface area contributed by atoms with Gasteiger partial charge < -0.3 is 14.2 Å². The molecule has 2 saturated heterocycles. The monoisotopic (exact) mass is 418 g/mol. The highest BCUT2D eigenvalue weighted by Crippen LogP contribution is 2.34. The molecule has 1 atom stereocenters. The fraction of sp³-hybridized carbons (Fsp3) is 0.440. The van der Waals surface area contributed by atoms with Gasteiger partial charge in [0, 0.05) is 50.7 Å². The molecule has 1 aromatic heterocycles. The van der Waals surface area contributed by atoms with Crippen molar-refractivity contribution in [1.82, 2.24) is 14.5 Å². The number of imidazole rings is 1. The van der Waals surface area contributed by atoms with Crippen LogP contribution in [0.2, 0.25) is 0 Å². The Morgan fingerprint density at radius 3 is 2.65 bits per heavy atom. The number of benzene rings is 2. The molecule has 2 aliphatic heterocycles. The molecule has 31 heavy (non-hydrogen) atoms. The van der Waals surface area contributed by atoms with Gasteiger partial charge in [-0.25, -0.2) is 4.98 Å². The van der Waals surface area contributed by atoms with Gasteiger partial charge in [0.15, 0.2) is 0 Å². The topological polar surface area (TPSA) is 50.6 Å². The summed E-state index contributed by atoms with van der Waals surface area (Å²) in [4.78, 5) is 22.4. The number of rotatable bonds is 6. The van der Waals surface area contributed by atoms with Gasteiger partial charge in [0.05, 0.1) is 24.2 Å². The lowest BCUT2D eigenvalue weighted by Gasteiger charge is -2.27. The zero-order valence-corrected chi connectivity index (χ0v) is 18.2. The number of carbonyl (C=O) groups is 1. The summed E-state index contributed by atoms with van der Waals surface area (Å²) in [5, 5.41) is 0. The largest absolute Gasteiger partial charge is 0.379 e. The standard InChI is InChI=1S/C25H30N4O2/c1-2-19-7-3-5-9-22(19)29-18-20(17-24(29)30)25-26-21-8-4-6-10-23(21)28(25)12-11-27-13-15-31-16-14-27/h3-10,20H,2,11-18H2,1H3/t20-/m0/s1. The summed E-state index contributed by atoms with van der Waals surface area (Å²) in [6.07, 6.45) is 1.43. The zero-order chi connectivity index (χ0) is 21.2. The van der Waals surface area contributed by atoms with E-state index < -0.39 is 0 Å². The predicted octanol–water partition coefficient (Wildman–Crippen LogP) is 3.45. The molecule has 0 aliphatic carbocycles. The van der Waals surface area contributed by atoms with E-state index in [1.807, 2.05) is 23.1 Å². The minimum atomic E-state index is 0.106. The molecule has 6 nitrogen and oxygen atoms in total. The molecule has 5 rings (SSSR count). The van der Waals surface area contributed by atoms with Crippen molar-refractivity contribution in [3.63, 3.8) is 0 Å². The quantitative estimate of drug-likeness (QED) is 0.615. The van der Waals surface area contributed by atoms with Crippen molar-refractivity contribution in [2.45, 2.75) is 32.2 Å². The van der Waals surface area contributed by atoms with Gasteiger partial charge in [0.25, 0.3) is 0 Å². The third-order valence-electron chi connectivity index (χ3n) is 6.58. The van der Waals surface area contributed by atoms with Gasteiger partial charge in [-0.3, -0.25) is 9.69 Å². The minimum Gasteiger partial charge on any atom is -0.379 e. The molecule has 162 valence electrons. The van der Waals surface area contributed by atoms with Crippen molar-refractivity contribution in [3.8, 4) is 0 Å². The van der Waals surface area contributed by atoms with Gasteiger partial charge in [-0.2, -0.15) is 0 Å². The Morgan fingerprint density at radius 1 is 1.03 bits per heavy atom. The smallest absolute Gasteiger partial charge is 0.227 e. The number of aryl methyl sites for hydroxylation is 1. The number of carbonyl (C=O) groups excluding carboxylic acids is 1. The Hall–Kier alpha value is -2.70. The van der Waals surface area contributed by atoms with Crippen LogP contribution in [-0.2, 0) is 22.5 Å². The van der Waals surface area contributed by atoms with Crippen molar-refractivity contribution in [2.75, 3.05) is 44.3 Å². The van der Waals surface area contributed by atoms with E-state index in [1.165, 1.54) is 5.56 Å². The molecule has 0 saturated carbocycles. The second-order valence-electron chi connectivity index (χ2n) is 8.45. The maximum Gasteiger partial charge on any atom is 0.227 e. The molecule has 2 fully saturated rings. The lowest BCUT2D eigenvalue weighted by molar-refractivity contribution is -0.117. The number of amides is 1. The highest BCUT2D eigenvalue weighted by atomic mass is 16.5. The van der Waals surface area contributed by atoms with E-state index in [9.17, 15) is 4.79 Å². The van der Waals surface area contributed by atoms with Crippen molar-refractivity contribution in [3.05, 3.63) is 59.9 Å². The van der Waals surface area contributed by atoms with E-state index in [-0.39, 0.29) is 11.8 Å². The Bertz CT molecular complexity index is 1070. The summed E-state index contributed by atoms with van der Waals surface area (Å²) in [6.45, 7) is 8.25. The van der Waals surface area contributed by atoms with Crippen molar-refractivity contribution < 1.29 is 9.53 Å². The van der Waals surface area contributed by atoms with Crippen LogP contribution >= 0.6 is 0 Å². The van der Waals surface area contributed by atoms with Crippen LogP contribution in [0.4, 0.5) is 5.69 Å². The van der Waals surface area contributed by atoms with Crippen molar-refractivity contribution in [1.29, 1.82) is 0 Å². The van der Waals surface area contributed by atoms with E-state index in [4.69, 9.17) is 9.72 Å². The number of aromatic nitrogens is 2. The molecule has 0 unspecified atom stereocenters. The first kappa shape index (κ1) is 20.2. The molecule has 2 aliphatic rings. The number of hydrogen-bond donors (Lipinski definition) is 0. The Morgan fingerprint density at radius 2 is 1.81 bits per heavy atom. The average molecular weight is 419 g/mol. The van der Waals surface area contributed by atoms with Crippen LogP contribution in [-0.4, -0.2) is 59.8 Å². The van der Waals surface area contributed by atoms with Crippen molar-refractivity contribution >= 4 is 22.6 Å². The Kier molecular flexibility index (Phi) is 5.74. The van der Waals surface area contributed by atoms with Crippen LogP contribution in [0.5, 0.6) is 0 Å². The molecule has 0 bridgehead atoms. The van der Waals surface area contributed by atoms with E-state index >= 15 is 0 Å². The maximum absolute atomic E-state index is 13.0. The number of fused-ring (bicyclic) bond motifs is 1. The lowest BCUT2D eigenvalue weighted by Crippen LogP contribution is -2.38. The van der Waals surface area contributed by atoms with Crippen LogP contribution in [0.1, 0.15) is 30.7 Å². The molecule has 0 N–H and O–H groups in total. The maximum atomic E-state index is 13.0. The Balaban J connectivity index is 1.43. The van der Waals surface area contributed by atoms with Crippen LogP contribution in [0, 0.1) is 0 Å². The number of morpholine rings is 1. The first-order chi connectivity index (χ1) is 15.2. The normalized spacial score (nSPS) is 20.1. The van der Waals surface area contributed by atoms with Gasteiger partial charge in [0.2, 0.25) is 5.91 Å². The molecule has 3 heterocycles. The summed E-state index contributed by atoms with van der Waals surface area (Å²) in [5.74, 6) is 1.34. The fourth-order valence-electron chi connectivity index (χ4n) is 4.89. The third kappa shape index (κ3) is 3.98. The summed E-state index contributed by atoms with van der Waals surface area (Å²) in [7, 11) is 0. The molecule has 3 aromatic rings. The van der Waals surface area contributed by atoms with E-state index in [0.717, 1.165) is 68.4 Å². The highest BCUT2D eigenvalue weighted by Gasteiger charge is 2.35. The summed E-state index contributed by atoms with van der Waals surface area (Å²) >= 11 is 0. The minimum absolute atomic E-state index is 0.106. The highest BCUT2D eigenvalue weighted by molar-refractivity contribution is 5.97. The van der Waals surface area contributed by atoms with E-state index in [0.29, 0.717) is 13.0 Å². The van der Waals surface area contributed by atoms with Crippen LogP contribution in [0.3, 0.4) is 0 Å². The number of anilines is 1. The van der Waals surface area contributed by atoms with Crippen molar-refractivity contribution in [2.24, 2.45) is 0 Å². The van der Waals surface area contributed by atoms with Gasteiger partial charge >= 0.3 is 0 Å². The fourth-order valence-corrected chi connectivity index (χ4v) is 4.89. The molecule has 6 heteroatoms. The summed E-state index contributed by atoms with van der Waals surface area (Å²) in [6, 6.07) is 16.6. The lowest BCUT2D eigenvalue weighted by atomic mass is 10.1. The molecular weight excluding hydrogens is 388 g/mol. The van der Waals surface area contributed by atoms with Gasteiger partial charge in [-0.15, -0.1) is 0 Å². The first-order valence-electron chi connectivity index (χ1n) is 11.4. The average Bonchev–Trinajstić information content (AvgIpc) is 3.38. The molecular formula is C25H30N4O2. The van der Waals surface area contributed by atoms with Gasteiger partial charge in [0.1, 0.15) is 5.82 Å². The molecule has 2 aromatic carbocycles. The third-order valence-corrected chi connectivity index (χ3v) is 6.58. The molecule has 1 amide bonds. The second-order valence-corrected chi connectivity index (χ2v) is 8.45. The van der Waals surface area contributed by atoms with Crippen LogP contribution < -0.4 is 4.90 Å². The van der Waals surface area contributed by atoms with Crippen LogP contribution in [0.15, 0.2) is 48.5 Å². The number of ether oxygens (including phenoxy) is 1. The summed E-state index contributed by atoms with van der Waals surface area (Å²) in [5.41, 5.74) is 4.44. The number of para-hydroxylation sites is 3. The summed E-state index contributed by atoms with van der Waals surface area (Å²) < 4.78 is 7.84. The number of nitrogens with zero attached hydrogens (tertiary/aromatic N) is 4.